The Labute approximate surface area is 591 Å². The number of alkyl halides is 3. The van der Waals surface area contributed by atoms with Crippen molar-refractivity contribution in [3.05, 3.63) is 129 Å². The number of hydrogen-bond donors (Lipinski definition) is 5. The molecule has 9 rings (SSSR count). The Morgan fingerprint density at radius 2 is 1.36 bits per heavy atom. The third kappa shape index (κ3) is 21.1. The predicted molar refractivity (Wildman–Crippen MR) is 385 cm³/mol. The molecule has 0 saturated carbocycles. The van der Waals surface area contributed by atoms with Crippen molar-refractivity contribution < 1.29 is 54.3 Å². The first kappa shape index (κ1) is 76.7. The Morgan fingerprint density at radius 3 is 1.98 bits per heavy atom. The molecule has 3 atom stereocenters. The van der Waals surface area contributed by atoms with Crippen molar-refractivity contribution in [1.29, 1.82) is 0 Å². The molecule has 0 unspecified atom stereocenters. The lowest BCUT2D eigenvalue weighted by Crippen LogP contribution is -2.57. The monoisotopic (exact) mass is 1450 g/mol. The highest BCUT2D eigenvalue weighted by molar-refractivity contribution is 7.92. The molecular formula is C73H98ClF3N10O9S3. The Kier molecular flexibility index (Phi) is 26.4. The first-order chi connectivity index (χ1) is 46.9. The number of sulfonamides is 1. The smallest absolute Gasteiger partial charge is 0.391 e. The van der Waals surface area contributed by atoms with Crippen LogP contribution in [0.2, 0.25) is 5.02 Å². The van der Waals surface area contributed by atoms with Gasteiger partial charge in [0.05, 0.1) is 32.8 Å². The number of aliphatic hydroxyl groups excluding tert-OH is 1. The van der Waals surface area contributed by atoms with Crippen molar-refractivity contribution in [1.82, 2.24) is 39.9 Å². The molecule has 26 heteroatoms. The third-order valence-electron chi connectivity index (χ3n) is 19.5. The summed E-state index contributed by atoms with van der Waals surface area (Å²) in [7, 11) is -10.9. The average molecular weight is 1450 g/mol. The molecule has 4 aliphatic rings. The highest BCUT2D eigenvalue weighted by Gasteiger charge is 2.49. The minimum Gasteiger partial charge on any atom is -0.391 e. The maximum atomic E-state index is 14.1. The van der Waals surface area contributed by atoms with Crippen LogP contribution in [0, 0.1) is 17.8 Å². The predicted octanol–water partition coefficient (Wildman–Crippen LogP) is 11.7. The zero-order chi connectivity index (χ0) is 71.3. The van der Waals surface area contributed by atoms with E-state index < -0.39 is 70.4 Å². The van der Waals surface area contributed by atoms with Crippen LogP contribution in [0.25, 0.3) is 16.0 Å². The summed E-state index contributed by atoms with van der Waals surface area (Å²) in [6, 6.07) is 23.0. The number of β-amino-alcohol motifs (C(OH)–C–C–N with tert-alkyl or cyclic N) is 1. The third-order valence-corrected chi connectivity index (χ3v) is 23.6. The van der Waals surface area contributed by atoms with Crippen LogP contribution in [0.15, 0.2) is 112 Å². The number of sulfone groups is 1. The molecule has 0 radical (unpaired) electrons. The number of amides is 4. The molecule has 4 aromatic carbocycles. The lowest BCUT2D eigenvalue weighted by atomic mass is 9.73. The van der Waals surface area contributed by atoms with Crippen molar-refractivity contribution in [3.8, 4) is 10.4 Å². The van der Waals surface area contributed by atoms with E-state index >= 15 is 0 Å². The first-order valence-electron chi connectivity index (χ1n) is 34.7. The van der Waals surface area contributed by atoms with Gasteiger partial charge in [-0.25, -0.2) is 26.5 Å². The van der Waals surface area contributed by atoms with Crippen LogP contribution in [0.1, 0.15) is 152 Å². The normalized spacial score (nSPS) is 18.7. The minimum atomic E-state index is -6.03. The van der Waals surface area contributed by atoms with Crippen molar-refractivity contribution in [2.24, 2.45) is 10.8 Å². The van der Waals surface area contributed by atoms with Crippen molar-refractivity contribution >= 4 is 83.4 Å². The van der Waals surface area contributed by atoms with Crippen LogP contribution in [-0.4, -0.2) is 179 Å². The average Bonchev–Trinajstić information content (AvgIpc) is 1.06. The van der Waals surface area contributed by atoms with Gasteiger partial charge in [0.2, 0.25) is 17.7 Å². The lowest BCUT2D eigenvalue weighted by molar-refractivity contribution is -0.144. The summed E-state index contributed by atoms with van der Waals surface area (Å²) >= 11 is 7.78. The van der Waals surface area contributed by atoms with Crippen molar-refractivity contribution in [2.75, 3.05) is 95.3 Å². The standard InChI is InChI=1S/C73H98ClF3N10O9S3/c1-51-66(97-50-80-51)54-19-17-52(18-20-54)47-79-69(91)63-44-59(88)49-87(63)70(92)67(71(2,3)4)81-65(89)16-13-11-9-7-8-10-12-14-34-83-36-38-84(39-37-83)35-15-33-78-62-30-29-60(45-64(62)98(93,94)73(75,76)77)99(95,96)82-68(90)55-23-27-58(28-24-55)86-42-40-85(41-43-86)48-56-46-72(5,6)32-31-61(56)53-21-25-57(74)26-22-53/h17-30,45,50,59,63,67,78,88H,7-16,31-44,46-49H2,1-6H3,(H,79,91)(H,81,89)(H,82,90)/t59-,63+,67-/m1/s1. The maximum absolute atomic E-state index is 14.1. The van der Waals surface area contributed by atoms with Gasteiger partial charge in [0.15, 0.2) is 0 Å². The molecule has 0 bridgehead atoms. The number of piperazine rings is 2. The number of anilines is 2. The summed E-state index contributed by atoms with van der Waals surface area (Å²) in [5.41, 5.74) is 2.98. The highest BCUT2D eigenvalue weighted by Crippen LogP contribution is 2.43. The molecule has 0 spiro atoms. The topological polar surface area (TPSA) is 234 Å². The summed E-state index contributed by atoms with van der Waals surface area (Å²) in [4.78, 5) is 68.3. The molecule has 3 aliphatic heterocycles. The molecule has 3 fully saturated rings. The highest BCUT2D eigenvalue weighted by atomic mass is 35.5. The van der Waals surface area contributed by atoms with E-state index in [1.165, 1.54) is 33.7 Å². The molecule has 5 N–H and O–H groups in total. The number of aryl methyl sites for hydroxylation is 1. The van der Waals surface area contributed by atoms with Crippen LogP contribution < -0.4 is 25.6 Å². The number of rotatable bonds is 30. The minimum absolute atomic E-state index is 0.00413. The summed E-state index contributed by atoms with van der Waals surface area (Å²) in [6.07, 6.45) is 11.0. The van der Waals surface area contributed by atoms with E-state index in [0.717, 1.165) is 169 Å². The molecule has 99 heavy (non-hydrogen) atoms. The number of allylic oxidation sites excluding steroid dienone is 1. The number of thiazole rings is 1. The van der Waals surface area contributed by atoms with Gasteiger partial charge in [-0.1, -0.05) is 127 Å². The van der Waals surface area contributed by atoms with Crippen molar-refractivity contribution in [3.63, 3.8) is 0 Å². The molecule has 1 aromatic heterocycles. The largest absolute Gasteiger partial charge is 0.501 e. The van der Waals surface area contributed by atoms with Gasteiger partial charge >= 0.3 is 5.51 Å². The zero-order valence-electron chi connectivity index (χ0n) is 57.9. The maximum Gasteiger partial charge on any atom is 0.501 e. The van der Waals surface area contributed by atoms with E-state index in [9.17, 15) is 54.3 Å². The van der Waals surface area contributed by atoms with Crippen molar-refractivity contribution in [2.45, 2.75) is 171 Å². The molecule has 5 aromatic rings. The number of carbonyl (C=O) groups excluding carboxylic acids is 4. The van der Waals surface area contributed by atoms with Crippen LogP contribution in [0.5, 0.6) is 0 Å². The Balaban J connectivity index is 0.635. The summed E-state index contributed by atoms with van der Waals surface area (Å²) in [5.74, 6) is -2.00. The van der Waals surface area contributed by atoms with Gasteiger partial charge in [0.1, 0.15) is 17.0 Å². The number of hydrogen-bond acceptors (Lipinski definition) is 16. The van der Waals surface area contributed by atoms with E-state index in [4.69, 9.17) is 11.6 Å². The summed E-state index contributed by atoms with van der Waals surface area (Å²) in [6.45, 7) is 21.4. The second-order valence-corrected chi connectivity index (χ2v) is 33.7. The zero-order valence-corrected chi connectivity index (χ0v) is 61.1. The lowest BCUT2D eigenvalue weighted by Gasteiger charge is -2.39. The molecule has 540 valence electrons. The van der Waals surface area contributed by atoms with Crippen LogP contribution in [0.3, 0.4) is 0 Å². The van der Waals surface area contributed by atoms with Crippen LogP contribution >= 0.6 is 22.9 Å². The first-order valence-corrected chi connectivity index (χ1v) is 39.0. The Bertz CT molecular complexity index is 3830. The van der Waals surface area contributed by atoms with E-state index in [-0.39, 0.29) is 61.2 Å². The Morgan fingerprint density at radius 1 is 0.758 bits per heavy atom. The van der Waals surface area contributed by atoms with Crippen LogP contribution in [-0.2, 0) is 40.8 Å². The summed E-state index contributed by atoms with van der Waals surface area (Å²) < 4.78 is 97.3. The number of aromatic nitrogens is 1. The fraction of sp³-hybridized carbons (Fsp3) is 0.548. The molecule has 19 nitrogen and oxygen atoms in total. The number of likely N-dealkylation sites (tertiary alicyclic amines) is 1. The second-order valence-electron chi connectivity index (χ2n) is 28.8. The molecule has 3 saturated heterocycles. The van der Waals surface area contributed by atoms with Gasteiger partial charge in [0.25, 0.3) is 25.8 Å². The van der Waals surface area contributed by atoms with E-state index in [0.29, 0.717) is 30.5 Å². The second kappa shape index (κ2) is 34.0. The molecule has 1 aliphatic carbocycles. The fourth-order valence-corrected chi connectivity index (χ4v) is 16.7. The number of benzene rings is 4. The molecule has 4 heterocycles. The van der Waals surface area contributed by atoms with E-state index in [2.05, 4.69) is 66.5 Å². The van der Waals surface area contributed by atoms with Gasteiger partial charge in [0, 0.05) is 108 Å². The van der Waals surface area contributed by atoms with E-state index in [1.807, 2.05) is 74.3 Å². The van der Waals surface area contributed by atoms with Gasteiger partial charge < -0.3 is 40.7 Å². The SMILES string of the molecule is Cc1ncsc1-c1ccc(CNC(=O)[C@@H]2C[C@@H](O)CN2C(=O)[C@@H](NC(=O)CCCCCCCCCCN2CCN(CCCNc3ccc(S(=O)(=O)NC(=O)c4ccc(N5CCN(CC6=C(c7ccc(Cl)cc7)CCC(C)(C)C6)CC5)cc4)cc3S(=O)(=O)C(F)(F)F)CC2)C(C)(C)C)cc1. The van der Waals surface area contributed by atoms with Gasteiger partial charge in [-0.05, 0) is 146 Å². The Hall–Kier alpha value is -6.45. The van der Waals surface area contributed by atoms with Crippen LogP contribution in [0.4, 0.5) is 24.5 Å². The number of unbranched alkanes of at least 4 members (excludes halogenated alkanes) is 7. The van der Waals surface area contributed by atoms with Gasteiger partial charge in [-0.2, -0.15) is 13.2 Å². The number of nitrogens with one attached hydrogen (secondary N) is 4. The molecule has 4 amide bonds. The molecular weight excluding hydrogens is 1350 g/mol. The van der Waals surface area contributed by atoms with E-state index in [1.54, 1.807) is 23.5 Å². The summed E-state index contributed by atoms with van der Waals surface area (Å²) in [5, 5.41) is 20.1. The van der Waals surface area contributed by atoms with Gasteiger partial charge in [-0.3, -0.25) is 24.1 Å². The number of aliphatic hydroxyl groups is 1. The fourth-order valence-electron chi connectivity index (χ4n) is 13.7. The number of halogens is 4. The van der Waals surface area contributed by atoms with Gasteiger partial charge in [-0.15, -0.1) is 11.3 Å². The number of nitrogens with zero attached hydrogens (tertiary/aromatic N) is 6. The quantitative estimate of drug-likeness (QED) is 0.0269. The number of carbonyl (C=O) groups is 4.